The number of benzene rings is 1. The lowest BCUT2D eigenvalue weighted by Crippen LogP contribution is -2.57. The van der Waals surface area contributed by atoms with Crippen LogP contribution >= 0.6 is 0 Å². The zero-order valence-corrected chi connectivity index (χ0v) is 21.3. The van der Waals surface area contributed by atoms with Crippen molar-refractivity contribution < 1.29 is 19.2 Å². The fourth-order valence-electron chi connectivity index (χ4n) is 3.85. The number of carbonyl (C=O) groups excluding carboxylic acids is 4. The predicted molar refractivity (Wildman–Crippen MR) is 136 cm³/mol. The number of nitrogens with two attached hydrogens (primary N) is 1. The number of aldehydes is 1. The van der Waals surface area contributed by atoms with Crippen LogP contribution in [0.2, 0.25) is 0 Å². The number of hydrogen-bond acceptors (Lipinski definition) is 5. The molecule has 0 saturated heterocycles. The van der Waals surface area contributed by atoms with Crippen LogP contribution in [0.5, 0.6) is 0 Å². The predicted octanol–water partition coefficient (Wildman–Crippen LogP) is 1.80. The molecule has 6 N–H and O–H groups in total. The lowest BCUT2D eigenvalue weighted by Gasteiger charge is -2.24. The van der Waals surface area contributed by atoms with Gasteiger partial charge in [-0.25, -0.2) is 0 Å². The third kappa shape index (κ3) is 7.92. The average molecular weight is 486 g/mol. The van der Waals surface area contributed by atoms with Crippen molar-refractivity contribution in [2.45, 2.75) is 78.0 Å². The third-order valence-corrected chi connectivity index (χ3v) is 6.26. The van der Waals surface area contributed by atoms with E-state index in [-0.39, 0.29) is 18.3 Å². The summed E-state index contributed by atoms with van der Waals surface area (Å²) >= 11 is 0. The molecule has 2 rings (SSSR count). The summed E-state index contributed by atoms with van der Waals surface area (Å²) in [6.07, 6.45) is 3.95. The minimum absolute atomic E-state index is 0.0353. The van der Waals surface area contributed by atoms with Crippen LogP contribution in [0.4, 0.5) is 0 Å². The van der Waals surface area contributed by atoms with Crippen LogP contribution in [0, 0.1) is 11.8 Å². The normalized spacial score (nSPS) is 15.6. The van der Waals surface area contributed by atoms with E-state index in [1.54, 1.807) is 13.1 Å². The molecule has 0 unspecified atom stereocenters. The van der Waals surface area contributed by atoms with E-state index < -0.39 is 41.9 Å². The summed E-state index contributed by atoms with van der Waals surface area (Å²) in [6, 6.07) is 4.44. The minimum Gasteiger partial charge on any atom is -0.361 e. The van der Waals surface area contributed by atoms with Gasteiger partial charge in [0.1, 0.15) is 18.4 Å². The Morgan fingerprint density at radius 1 is 1.00 bits per heavy atom. The maximum atomic E-state index is 13.2. The van der Waals surface area contributed by atoms with Crippen molar-refractivity contribution >= 4 is 34.9 Å². The molecule has 0 aliphatic rings. The molecule has 9 heteroatoms. The quantitative estimate of drug-likeness (QED) is 0.275. The van der Waals surface area contributed by atoms with Crippen molar-refractivity contribution in [3.8, 4) is 0 Å². The SMILES string of the molecule is CC[C@H](C)[C@H](N)C(=O)N[C@@H](C)C(=O)N[C@@H](Cc1c[nH]c2ccccc12)C(=O)N[C@H](C=O)CC(C)C. The second kappa shape index (κ2) is 13.0. The van der Waals surface area contributed by atoms with Gasteiger partial charge in [0.2, 0.25) is 17.7 Å². The summed E-state index contributed by atoms with van der Waals surface area (Å²) in [5.41, 5.74) is 7.74. The van der Waals surface area contributed by atoms with Gasteiger partial charge in [-0.05, 0) is 36.8 Å². The van der Waals surface area contributed by atoms with Gasteiger partial charge < -0.3 is 31.5 Å². The summed E-state index contributed by atoms with van der Waals surface area (Å²) in [4.78, 5) is 53.2. The van der Waals surface area contributed by atoms with Gasteiger partial charge in [0.25, 0.3) is 0 Å². The van der Waals surface area contributed by atoms with Crippen molar-refractivity contribution in [2.24, 2.45) is 17.6 Å². The lowest BCUT2D eigenvalue weighted by atomic mass is 9.99. The van der Waals surface area contributed by atoms with E-state index in [0.29, 0.717) is 12.7 Å². The molecule has 0 aliphatic carbocycles. The first-order chi connectivity index (χ1) is 16.6. The van der Waals surface area contributed by atoms with E-state index in [1.165, 1.54) is 0 Å². The Balaban J connectivity index is 2.19. The van der Waals surface area contributed by atoms with Crippen molar-refractivity contribution in [3.63, 3.8) is 0 Å². The molecule has 192 valence electrons. The van der Waals surface area contributed by atoms with Gasteiger partial charge in [0.15, 0.2) is 0 Å². The zero-order chi connectivity index (χ0) is 26.1. The number of amides is 3. The second-order valence-corrected chi connectivity index (χ2v) is 9.65. The number of para-hydroxylation sites is 1. The Bertz CT molecular complexity index is 1020. The highest BCUT2D eigenvalue weighted by atomic mass is 16.2. The second-order valence-electron chi connectivity index (χ2n) is 9.65. The van der Waals surface area contributed by atoms with Gasteiger partial charge in [-0.2, -0.15) is 0 Å². The van der Waals surface area contributed by atoms with E-state index in [0.717, 1.165) is 22.9 Å². The molecule has 0 fully saturated rings. The first kappa shape index (κ1) is 28.0. The van der Waals surface area contributed by atoms with Crippen LogP contribution in [0.25, 0.3) is 10.9 Å². The Hall–Kier alpha value is -3.20. The number of hydrogen-bond donors (Lipinski definition) is 5. The molecule has 2 aromatic rings. The molecule has 5 atom stereocenters. The number of H-pyrrole nitrogens is 1. The van der Waals surface area contributed by atoms with Gasteiger partial charge in [-0.3, -0.25) is 14.4 Å². The molecule has 0 bridgehead atoms. The van der Waals surface area contributed by atoms with E-state index >= 15 is 0 Å². The summed E-state index contributed by atoms with van der Waals surface area (Å²) in [7, 11) is 0. The number of nitrogens with one attached hydrogen (secondary N) is 4. The molecule has 1 aromatic carbocycles. The van der Waals surface area contributed by atoms with Gasteiger partial charge in [0.05, 0.1) is 12.1 Å². The number of aromatic nitrogens is 1. The van der Waals surface area contributed by atoms with Crippen LogP contribution in [0.3, 0.4) is 0 Å². The van der Waals surface area contributed by atoms with E-state index in [9.17, 15) is 19.2 Å². The summed E-state index contributed by atoms with van der Waals surface area (Å²) in [5.74, 6) is -1.22. The highest BCUT2D eigenvalue weighted by molar-refractivity contribution is 5.94. The topological polar surface area (TPSA) is 146 Å². The molecule has 0 aliphatic heterocycles. The van der Waals surface area contributed by atoms with Crippen molar-refractivity contribution in [1.29, 1.82) is 0 Å². The first-order valence-corrected chi connectivity index (χ1v) is 12.2. The van der Waals surface area contributed by atoms with Crippen molar-refractivity contribution in [1.82, 2.24) is 20.9 Å². The van der Waals surface area contributed by atoms with E-state index in [2.05, 4.69) is 20.9 Å². The Morgan fingerprint density at radius 3 is 2.31 bits per heavy atom. The molecular weight excluding hydrogens is 446 g/mol. The van der Waals surface area contributed by atoms with E-state index in [1.807, 2.05) is 52.0 Å². The third-order valence-electron chi connectivity index (χ3n) is 6.26. The Labute approximate surface area is 207 Å². The maximum absolute atomic E-state index is 13.2. The first-order valence-electron chi connectivity index (χ1n) is 12.2. The van der Waals surface area contributed by atoms with E-state index in [4.69, 9.17) is 5.73 Å². The summed E-state index contributed by atoms with van der Waals surface area (Å²) in [6.45, 7) is 9.28. The molecule has 35 heavy (non-hydrogen) atoms. The van der Waals surface area contributed by atoms with Crippen molar-refractivity contribution in [3.05, 3.63) is 36.0 Å². The van der Waals surface area contributed by atoms with Crippen LogP contribution in [-0.4, -0.2) is 53.2 Å². The molecule has 1 aromatic heterocycles. The fourth-order valence-corrected chi connectivity index (χ4v) is 3.85. The van der Waals surface area contributed by atoms with Gasteiger partial charge >= 0.3 is 0 Å². The minimum atomic E-state index is -0.945. The number of aromatic amines is 1. The van der Waals surface area contributed by atoms with Gasteiger partial charge in [0, 0.05) is 23.5 Å². The summed E-state index contributed by atoms with van der Waals surface area (Å²) < 4.78 is 0. The lowest BCUT2D eigenvalue weighted by molar-refractivity contribution is -0.132. The highest BCUT2D eigenvalue weighted by Crippen LogP contribution is 2.19. The van der Waals surface area contributed by atoms with Crippen LogP contribution in [0.15, 0.2) is 30.5 Å². The number of rotatable bonds is 13. The van der Waals surface area contributed by atoms with Crippen LogP contribution in [0.1, 0.15) is 53.0 Å². The van der Waals surface area contributed by atoms with Gasteiger partial charge in [-0.15, -0.1) is 0 Å². The Kier molecular flexibility index (Phi) is 10.4. The summed E-state index contributed by atoms with van der Waals surface area (Å²) in [5, 5.41) is 9.07. The number of carbonyl (C=O) groups is 4. The average Bonchev–Trinajstić information content (AvgIpc) is 3.24. The molecule has 3 amide bonds. The molecular formula is C26H39N5O4. The van der Waals surface area contributed by atoms with Crippen LogP contribution in [-0.2, 0) is 25.6 Å². The molecule has 0 radical (unpaired) electrons. The highest BCUT2D eigenvalue weighted by Gasteiger charge is 2.28. The smallest absolute Gasteiger partial charge is 0.243 e. The zero-order valence-electron chi connectivity index (χ0n) is 21.3. The van der Waals surface area contributed by atoms with Gasteiger partial charge in [-0.1, -0.05) is 52.3 Å². The fraction of sp³-hybridized carbons (Fsp3) is 0.538. The molecule has 9 nitrogen and oxygen atoms in total. The standard InChI is InChI=1S/C26H39N5O4/c1-6-16(4)23(27)26(35)29-17(5)24(33)31-22(25(34)30-19(14-32)11-15(2)3)12-18-13-28-21-10-8-7-9-20(18)21/h7-10,13-17,19,22-23,28H,6,11-12,27H2,1-5H3,(H,29,35)(H,30,34)(H,31,33)/t16-,17-,19-,22-,23-/m0/s1. The largest absolute Gasteiger partial charge is 0.361 e. The molecule has 0 saturated carbocycles. The molecule has 0 spiro atoms. The number of fused-ring (bicyclic) bond motifs is 1. The molecule has 1 heterocycles. The van der Waals surface area contributed by atoms with Crippen molar-refractivity contribution in [2.75, 3.05) is 0 Å². The monoisotopic (exact) mass is 485 g/mol. The Morgan fingerprint density at radius 2 is 1.69 bits per heavy atom. The van der Waals surface area contributed by atoms with Crippen LogP contribution < -0.4 is 21.7 Å². The maximum Gasteiger partial charge on any atom is 0.243 e.